The Morgan fingerprint density at radius 3 is 3.12 bits per heavy atom. The largest absolute Gasteiger partial charge is 0.381 e. The molecule has 0 spiro atoms. The van der Waals surface area contributed by atoms with E-state index in [1.165, 1.54) is 6.33 Å². The molecular formula is C11H14ClN3O2. The quantitative estimate of drug-likeness (QED) is 0.656. The van der Waals surface area contributed by atoms with E-state index in [0.717, 1.165) is 19.6 Å². The summed E-state index contributed by atoms with van der Waals surface area (Å²) in [5.41, 5.74) is 0.305. The average molecular weight is 256 g/mol. The fourth-order valence-corrected chi connectivity index (χ4v) is 2.05. The van der Waals surface area contributed by atoms with Gasteiger partial charge in [-0.3, -0.25) is 4.79 Å². The molecule has 0 aromatic carbocycles. The van der Waals surface area contributed by atoms with Gasteiger partial charge in [-0.25, -0.2) is 9.97 Å². The molecule has 2 atom stereocenters. The first kappa shape index (κ1) is 12.3. The monoisotopic (exact) mass is 255 g/mol. The van der Waals surface area contributed by atoms with Crippen molar-refractivity contribution >= 4 is 23.7 Å². The minimum absolute atomic E-state index is 0.173. The summed E-state index contributed by atoms with van der Waals surface area (Å²) in [5.74, 6) is 0.919. The van der Waals surface area contributed by atoms with Crippen LogP contribution in [0.4, 0.5) is 5.82 Å². The van der Waals surface area contributed by atoms with Crippen LogP contribution in [0.1, 0.15) is 23.7 Å². The smallest absolute Gasteiger partial charge is 0.156 e. The zero-order valence-electron chi connectivity index (χ0n) is 9.52. The second-order valence-electron chi connectivity index (χ2n) is 4.10. The number of aldehydes is 1. The van der Waals surface area contributed by atoms with Gasteiger partial charge < -0.3 is 10.1 Å². The van der Waals surface area contributed by atoms with E-state index in [4.69, 9.17) is 16.3 Å². The maximum Gasteiger partial charge on any atom is 0.156 e. The van der Waals surface area contributed by atoms with Gasteiger partial charge in [0.2, 0.25) is 0 Å². The molecule has 1 saturated heterocycles. The molecule has 1 aliphatic heterocycles. The van der Waals surface area contributed by atoms with Crippen molar-refractivity contribution in [3.8, 4) is 0 Å². The summed E-state index contributed by atoms with van der Waals surface area (Å²) in [6.45, 7) is 3.58. The number of nitrogens with one attached hydrogen (secondary N) is 1. The lowest BCUT2D eigenvalue weighted by Gasteiger charge is -2.20. The van der Waals surface area contributed by atoms with E-state index >= 15 is 0 Å². The van der Waals surface area contributed by atoms with Crippen molar-refractivity contribution in [2.75, 3.05) is 18.5 Å². The van der Waals surface area contributed by atoms with Gasteiger partial charge in [0.15, 0.2) is 6.29 Å². The highest BCUT2D eigenvalue weighted by molar-refractivity contribution is 6.32. The number of ether oxygens (including phenoxy) is 1. The number of nitrogens with zero attached hydrogens (tertiary/aromatic N) is 2. The van der Waals surface area contributed by atoms with Crippen LogP contribution in [-0.2, 0) is 4.74 Å². The molecule has 0 amide bonds. The third-order valence-corrected chi connectivity index (χ3v) is 3.29. The Kier molecular flexibility index (Phi) is 3.91. The Hall–Kier alpha value is -1.20. The molecule has 6 heteroatoms. The zero-order valence-corrected chi connectivity index (χ0v) is 10.3. The second kappa shape index (κ2) is 5.42. The Bertz CT molecular complexity index is 408. The van der Waals surface area contributed by atoms with Gasteiger partial charge in [-0.05, 0) is 13.3 Å². The van der Waals surface area contributed by atoms with Crippen molar-refractivity contribution in [1.82, 2.24) is 9.97 Å². The van der Waals surface area contributed by atoms with Crippen LogP contribution in [0.25, 0.3) is 0 Å². The third-order valence-electron chi connectivity index (χ3n) is 2.99. The second-order valence-corrected chi connectivity index (χ2v) is 4.46. The predicted octanol–water partition coefficient (Wildman–Crippen LogP) is 1.78. The lowest BCUT2D eigenvalue weighted by Crippen LogP contribution is -2.27. The molecule has 1 fully saturated rings. The molecule has 2 heterocycles. The lowest BCUT2D eigenvalue weighted by molar-refractivity contribution is 0.112. The van der Waals surface area contributed by atoms with Gasteiger partial charge in [0.1, 0.15) is 17.3 Å². The average Bonchev–Trinajstić information content (AvgIpc) is 2.82. The molecule has 2 unspecified atom stereocenters. The van der Waals surface area contributed by atoms with Crippen LogP contribution in [-0.4, -0.2) is 35.5 Å². The van der Waals surface area contributed by atoms with E-state index in [2.05, 4.69) is 15.3 Å². The number of hydrogen-bond donors (Lipinski definition) is 1. The Balaban J connectivity index is 2.12. The van der Waals surface area contributed by atoms with E-state index in [0.29, 0.717) is 23.6 Å². The standard InChI is InChI=1S/C11H14ClN3O2/c1-7(8-2-3-17-5-8)15-11-9(4-16)10(12)13-6-14-11/h4,6-8H,2-3,5H2,1H3,(H,13,14,15). The van der Waals surface area contributed by atoms with E-state index in [1.807, 2.05) is 6.92 Å². The van der Waals surface area contributed by atoms with Crippen LogP contribution in [0.15, 0.2) is 6.33 Å². The van der Waals surface area contributed by atoms with Crippen molar-refractivity contribution in [2.45, 2.75) is 19.4 Å². The van der Waals surface area contributed by atoms with E-state index in [9.17, 15) is 4.79 Å². The van der Waals surface area contributed by atoms with Crippen LogP contribution in [0.2, 0.25) is 5.15 Å². The van der Waals surface area contributed by atoms with Crippen molar-refractivity contribution in [3.63, 3.8) is 0 Å². The van der Waals surface area contributed by atoms with Gasteiger partial charge in [-0.2, -0.15) is 0 Å². The first-order valence-corrected chi connectivity index (χ1v) is 5.90. The summed E-state index contributed by atoms with van der Waals surface area (Å²) in [6.07, 6.45) is 3.03. The fraction of sp³-hybridized carbons (Fsp3) is 0.545. The molecule has 1 aliphatic rings. The minimum atomic E-state index is 0.173. The van der Waals surface area contributed by atoms with Gasteiger partial charge in [0.25, 0.3) is 0 Å². The Morgan fingerprint density at radius 1 is 1.65 bits per heavy atom. The summed E-state index contributed by atoms with van der Waals surface area (Å²) in [4.78, 5) is 18.7. The lowest BCUT2D eigenvalue weighted by atomic mass is 10.0. The van der Waals surface area contributed by atoms with Crippen molar-refractivity contribution in [1.29, 1.82) is 0 Å². The Labute approximate surface area is 105 Å². The maximum absolute atomic E-state index is 10.9. The van der Waals surface area contributed by atoms with Gasteiger partial charge in [-0.15, -0.1) is 0 Å². The maximum atomic E-state index is 10.9. The zero-order chi connectivity index (χ0) is 12.3. The van der Waals surface area contributed by atoms with Crippen LogP contribution >= 0.6 is 11.6 Å². The number of hydrogen-bond acceptors (Lipinski definition) is 5. The summed E-state index contributed by atoms with van der Waals surface area (Å²) in [7, 11) is 0. The van der Waals surface area contributed by atoms with Crippen LogP contribution in [0.3, 0.4) is 0 Å². The predicted molar refractivity (Wildman–Crippen MR) is 64.4 cm³/mol. The molecule has 92 valence electrons. The van der Waals surface area contributed by atoms with Gasteiger partial charge >= 0.3 is 0 Å². The normalized spacial score (nSPS) is 21.2. The first-order chi connectivity index (χ1) is 8.22. The van der Waals surface area contributed by atoms with Crippen molar-refractivity contribution in [3.05, 3.63) is 17.0 Å². The number of carbonyl (C=O) groups is 1. The van der Waals surface area contributed by atoms with Gasteiger partial charge in [0, 0.05) is 18.6 Å². The number of carbonyl (C=O) groups excluding carboxylic acids is 1. The minimum Gasteiger partial charge on any atom is -0.381 e. The van der Waals surface area contributed by atoms with Crippen molar-refractivity contribution in [2.24, 2.45) is 5.92 Å². The highest BCUT2D eigenvalue weighted by atomic mass is 35.5. The summed E-state index contributed by atoms with van der Waals surface area (Å²) in [5, 5.41) is 3.37. The van der Waals surface area contributed by atoms with Crippen LogP contribution in [0.5, 0.6) is 0 Å². The van der Waals surface area contributed by atoms with Gasteiger partial charge in [0.05, 0.1) is 12.2 Å². The summed E-state index contributed by atoms with van der Waals surface area (Å²) >= 11 is 5.83. The third kappa shape index (κ3) is 2.73. The molecule has 1 aromatic heterocycles. The first-order valence-electron chi connectivity index (χ1n) is 5.52. The van der Waals surface area contributed by atoms with E-state index in [-0.39, 0.29) is 11.2 Å². The van der Waals surface area contributed by atoms with Crippen LogP contribution < -0.4 is 5.32 Å². The molecule has 2 rings (SSSR count). The molecule has 0 radical (unpaired) electrons. The molecule has 1 N–H and O–H groups in total. The topological polar surface area (TPSA) is 64.1 Å². The highest BCUT2D eigenvalue weighted by Gasteiger charge is 2.23. The molecular weight excluding hydrogens is 242 g/mol. The Morgan fingerprint density at radius 2 is 2.47 bits per heavy atom. The molecule has 0 saturated carbocycles. The van der Waals surface area contributed by atoms with Crippen LogP contribution in [0, 0.1) is 5.92 Å². The van der Waals surface area contributed by atoms with Crippen molar-refractivity contribution < 1.29 is 9.53 Å². The molecule has 17 heavy (non-hydrogen) atoms. The number of halogens is 1. The number of rotatable bonds is 4. The summed E-state index contributed by atoms with van der Waals surface area (Å²) < 4.78 is 5.33. The SMILES string of the molecule is CC(Nc1ncnc(Cl)c1C=O)C1CCOC1. The number of aromatic nitrogens is 2. The molecule has 5 nitrogen and oxygen atoms in total. The van der Waals surface area contributed by atoms with E-state index in [1.54, 1.807) is 0 Å². The summed E-state index contributed by atoms with van der Waals surface area (Å²) in [6, 6.07) is 0.183. The number of anilines is 1. The van der Waals surface area contributed by atoms with E-state index < -0.39 is 0 Å². The fourth-order valence-electron chi connectivity index (χ4n) is 1.87. The van der Waals surface area contributed by atoms with Gasteiger partial charge in [-0.1, -0.05) is 11.6 Å². The molecule has 0 aliphatic carbocycles. The molecule has 1 aromatic rings. The molecule has 0 bridgehead atoms. The highest BCUT2D eigenvalue weighted by Crippen LogP contribution is 2.22.